The van der Waals surface area contributed by atoms with Crippen LogP contribution in [-0.2, 0) is 11.3 Å². The fourth-order valence-electron chi connectivity index (χ4n) is 1.90. The molecule has 1 aromatic heterocycles. The fourth-order valence-corrected chi connectivity index (χ4v) is 2.29. The molecule has 23 heavy (non-hydrogen) atoms. The van der Waals surface area contributed by atoms with Crippen LogP contribution in [0.25, 0.3) is 0 Å². The van der Waals surface area contributed by atoms with Gasteiger partial charge in [0.1, 0.15) is 6.04 Å². The molecule has 2 amide bonds. The number of halogens is 2. The van der Waals surface area contributed by atoms with Crippen LogP contribution in [0, 0.1) is 0 Å². The maximum Gasteiger partial charge on any atom is 0.253 e. The number of hydrogen-bond acceptors (Lipinski definition) is 3. The third-order valence-corrected chi connectivity index (χ3v) is 3.98. The normalized spacial score (nSPS) is 11.8. The molecule has 0 aliphatic rings. The summed E-state index contributed by atoms with van der Waals surface area (Å²) in [7, 11) is 0. The highest BCUT2D eigenvalue weighted by Gasteiger charge is 2.18. The van der Waals surface area contributed by atoms with Crippen LogP contribution >= 0.6 is 23.2 Å². The summed E-state index contributed by atoms with van der Waals surface area (Å²) in [4.78, 5) is 28.0. The second kappa shape index (κ2) is 7.99. The van der Waals surface area contributed by atoms with Crippen molar-refractivity contribution >= 4 is 35.0 Å². The number of aromatic nitrogens is 2. The van der Waals surface area contributed by atoms with Gasteiger partial charge in [0.05, 0.1) is 21.9 Å². The van der Waals surface area contributed by atoms with Crippen molar-refractivity contribution in [2.75, 3.05) is 6.54 Å². The van der Waals surface area contributed by atoms with Crippen molar-refractivity contribution in [2.45, 2.75) is 19.5 Å². The molecule has 0 unspecified atom stereocenters. The summed E-state index contributed by atoms with van der Waals surface area (Å²) in [5, 5.41) is 5.79. The number of amides is 2. The lowest BCUT2D eigenvalue weighted by atomic mass is 10.2. The van der Waals surface area contributed by atoms with Crippen LogP contribution in [0.2, 0.25) is 10.0 Å². The predicted octanol–water partition coefficient (Wildman–Crippen LogP) is 2.12. The molecule has 0 spiro atoms. The highest BCUT2D eigenvalue weighted by Crippen LogP contribution is 2.25. The number of carbonyl (C=O) groups excluding carboxylic acids is 2. The van der Waals surface area contributed by atoms with Crippen molar-refractivity contribution in [2.24, 2.45) is 0 Å². The number of benzene rings is 1. The van der Waals surface area contributed by atoms with Crippen molar-refractivity contribution in [3.05, 3.63) is 52.5 Å². The summed E-state index contributed by atoms with van der Waals surface area (Å²) in [6.45, 7) is 2.64. The van der Waals surface area contributed by atoms with E-state index in [1.807, 2.05) is 4.57 Å². The molecule has 0 aliphatic carbocycles. The molecule has 0 fully saturated rings. The standard InChI is InChI=1S/C15H16Cl2N4O2/c1-10(14(22)19-6-8-21-7-5-18-9-21)20-15(23)11-3-2-4-12(16)13(11)17/h2-5,7,9-10H,6,8H2,1H3,(H,19,22)(H,20,23)/t10-/m0/s1. The molecule has 0 saturated heterocycles. The minimum atomic E-state index is -0.694. The van der Waals surface area contributed by atoms with Crippen molar-refractivity contribution < 1.29 is 9.59 Å². The van der Waals surface area contributed by atoms with Crippen LogP contribution in [-0.4, -0.2) is 34.0 Å². The van der Waals surface area contributed by atoms with E-state index in [2.05, 4.69) is 15.6 Å². The second-order valence-electron chi connectivity index (χ2n) is 4.89. The summed E-state index contributed by atoms with van der Waals surface area (Å²) in [6, 6.07) is 4.07. The lowest BCUT2D eigenvalue weighted by Gasteiger charge is -2.15. The Balaban J connectivity index is 1.85. The number of nitrogens with one attached hydrogen (secondary N) is 2. The number of rotatable bonds is 6. The van der Waals surface area contributed by atoms with Crippen LogP contribution in [0.5, 0.6) is 0 Å². The summed E-state index contributed by atoms with van der Waals surface area (Å²) in [5.41, 5.74) is 0.234. The van der Waals surface area contributed by atoms with E-state index in [4.69, 9.17) is 23.2 Å². The lowest BCUT2D eigenvalue weighted by Crippen LogP contribution is -2.45. The van der Waals surface area contributed by atoms with Gasteiger partial charge in [0, 0.05) is 25.5 Å². The maximum atomic E-state index is 12.1. The quantitative estimate of drug-likeness (QED) is 0.834. The highest BCUT2D eigenvalue weighted by molar-refractivity contribution is 6.43. The van der Waals surface area contributed by atoms with Crippen molar-refractivity contribution in [1.29, 1.82) is 0 Å². The van der Waals surface area contributed by atoms with Gasteiger partial charge in [-0.3, -0.25) is 9.59 Å². The van der Waals surface area contributed by atoms with E-state index in [0.717, 1.165) is 0 Å². The molecule has 0 bridgehead atoms. The number of nitrogens with zero attached hydrogens (tertiary/aromatic N) is 2. The van der Waals surface area contributed by atoms with Crippen molar-refractivity contribution in [3.8, 4) is 0 Å². The molecule has 0 saturated carbocycles. The van der Waals surface area contributed by atoms with Gasteiger partial charge in [0.15, 0.2) is 0 Å². The largest absolute Gasteiger partial charge is 0.353 e. The molecule has 2 aromatic rings. The number of hydrogen-bond donors (Lipinski definition) is 2. The van der Waals surface area contributed by atoms with E-state index in [9.17, 15) is 9.59 Å². The molecule has 0 radical (unpaired) electrons. The molecular formula is C15H16Cl2N4O2. The van der Waals surface area contributed by atoms with Gasteiger partial charge in [-0.2, -0.15) is 0 Å². The SMILES string of the molecule is C[C@H](NC(=O)c1cccc(Cl)c1Cl)C(=O)NCCn1ccnc1. The topological polar surface area (TPSA) is 76.0 Å². The van der Waals surface area contributed by atoms with Gasteiger partial charge < -0.3 is 15.2 Å². The minimum Gasteiger partial charge on any atom is -0.353 e. The van der Waals surface area contributed by atoms with Crippen LogP contribution < -0.4 is 10.6 Å². The number of carbonyl (C=O) groups is 2. The first-order valence-electron chi connectivity index (χ1n) is 6.97. The van der Waals surface area contributed by atoms with E-state index in [1.165, 1.54) is 0 Å². The molecule has 2 rings (SSSR count). The summed E-state index contributed by atoms with van der Waals surface area (Å²) >= 11 is 11.9. The highest BCUT2D eigenvalue weighted by atomic mass is 35.5. The lowest BCUT2D eigenvalue weighted by molar-refractivity contribution is -0.122. The Morgan fingerprint density at radius 2 is 2.13 bits per heavy atom. The summed E-state index contributed by atoms with van der Waals surface area (Å²) in [6.07, 6.45) is 5.14. The predicted molar refractivity (Wildman–Crippen MR) is 88.6 cm³/mol. The van der Waals surface area contributed by atoms with Crippen LogP contribution in [0.3, 0.4) is 0 Å². The fraction of sp³-hybridized carbons (Fsp3) is 0.267. The van der Waals surface area contributed by atoms with Gasteiger partial charge >= 0.3 is 0 Å². The molecule has 1 aromatic carbocycles. The van der Waals surface area contributed by atoms with Crippen LogP contribution in [0.1, 0.15) is 17.3 Å². The Hall–Kier alpha value is -2.05. The van der Waals surface area contributed by atoms with Gasteiger partial charge in [-0.1, -0.05) is 29.3 Å². The first kappa shape index (κ1) is 17.3. The molecule has 0 aliphatic heterocycles. The van der Waals surface area contributed by atoms with E-state index in [0.29, 0.717) is 13.1 Å². The van der Waals surface area contributed by atoms with Crippen LogP contribution in [0.15, 0.2) is 36.9 Å². The molecule has 1 atom stereocenters. The van der Waals surface area contributed by atoms with Crippen molar-refractivity contribution in [3.63, 3.8) is 0 Å². The summed E-state index contributed by atoms with van der Waals surface area (Å²) < 4.78 is 1.84. The van der Waals surface area contributed by atoms with Gasteiger partial charge in [0.25, 0.3) is 5.91 Å². The Morgan fingerprint density at radius 3 is 2.83 bits per heavy atom. The zero-order valence-electron chi connectivity index (χ0n) is 12.4. The molecule has 122 valence electrons. The zero-order chi connectivity index (χ0) is 16.8. The Bertz CT molecular complexity index is 689. The third-order valence-electron chi connectivity index (χ3n) is 3.17. The van der Waals surface area contributed by atoms with Gasteiger partial charge in [0.2, 0.25) is 5.91 Å². The molecular weight excluding hydrogens is 339 g/mol. The maximum absolute atomic E-state index is 12.1. The van der Waals surface area contributed by atoms with E-state index >= 15 is 0 Å². The Kier molecular flexibility index (Phi) is 6.01. The van der Waals surface area contributed by atoms with E-state index in [1.54, 1.807) is 43.8 Å². The third kappa shape index (κ3) is 4.71. The Morgan fingerprint density at radius 1 is 1.35 bits per heavy atom. The van der Waals surface area contributed by atoms with E-state index in [-0.39, 0.29) is 21.5 Å². The van der Waals surface area contributed by atoms with Gasteiger partial charge in [-0.05, 0) is 19.1 Å². The average Bonchev–Trinajstić information content (AvgIpc) is 3.03. The monoisotopic (exact) mass is 354 g/mol. The zero-order valence-corrected chi connectivity index (χ0v) is 13.9. The van der Waals surface area contributed by atoms with Crippen LogP contribution in [0.4, 0.5) is 0 Å². The van der Waals surface area contributed by atoms with E-state index < -0.39 is 11.9 Å². The Labute approximate surface area is 143 Å². The molecule has 2 N–H and O–H groups in total. The number of imidazole rings is 1. The first-order chi connectivity index (χ1) is 11.0. The molecule has 6 nitrogen and oxygen atoms in total. The second-order valence-corrected chi connectivity index (χ2v) is 5.67. The summed E-state index contributed by atoms with van der Waals surface area (Å²) in [5.74, 6) is -0.730. The minimum absolute atomic E-state index is 0.166. The first-order valence-corrected chi connectivity index (χ1v) is 7.73. The smallest absolute Gasteiger partial charge is 0.253 e. The average molecular weight is 355 g/mol. The molecule has 1 heterocycles. The van der Waals surface area contributed by atoms with Gasteiger partial charge in [-0.25, -0.2) is 4.98 Å². The van der Waals surface area contributed by atoms with Gasteiger partial charge in [-0.15, -0.1) is 0 Å². The van der Waals surface area contributed by atoms with Crippen molar-refractivity contribution in [1.82, 2.24) is 20.2 Å². The molecule has 8 heteroatoms.